The van der Waals surface area contributed by atoms with E-state index in [9.17, 15) is 18.3 Å². The van der Waals surface area contributed by atoms with Crippen LogP contribution in [0.1, 0.15) is 6.92 Å². The van der Waals surface area contributed by atoms with Crippen molar-refractivity contribution in [2.24, 2.45) is 0 Å². The highest BCUT2D eigenvalue weighted by Gasteiger charge is 2.31. The van der Waals surface area contributed by atoms with Gasteiger partial charge < -0.3 is 20.5 Å². The lowest BCUT2D eigenvalue weighted by Gasteiger charge is -2.16. The number of ether oxygens (including phenoxy) is 1. The van der Waals surface area contributed by atoms with E-state index in [1.54, 1.807) is 31.2 Å². The molecule has 0 aliphatic rings. The van der Waals surface area contributed by atoms with Gasteiger partial charge in [-0.25, -0.2) is 4.98 Å². The summed E-state index contributed by atoms with van der Waals surface area (Å²) in [5, 5.41) is 15.9. The number of aliphatic hydroxyl groups is 1. The molecule has 3 aromatic rings. The molecule has 6 nitrogen and oxygen atoms in total. The summed E-state index contributed by atoms with van der Waals surface area (Å²) < 4.78 is 41.8. The van der Waals surface area contributed by atoms with E-state index in [1.807, 2.05) is 0 Å². The van der Waals surface area contributed by atoms with Crippen molar-refractivity contribution in [1.29, 1.82) is 0 Å². The van der Waals surface area contributed by atoms with E-state index in [-0.39, 0.29) is 30.2 Å². The van der Waals surface area contributed by atoms with Crippen molar-refractivity contribution in [3.63, 3.8) is 0 Å². The third-order valence-corrected chi connectivity index (χ3v) is 4.58. The predicted octanol–water partition coefficient (Wildman–Crippen LogP) is 5.89. The molecule has 164 valence electrons. The highest BCUT2D eigenvalue weighted by atomic mass is 35.5. The number of alkyl halides is 3. The quantitative estimate of drug-likeness (QED) is 0.398. The molecular formula is C20H17Cl2F3N4O2. The average molecular weight is 473 g/mol. The Kier molecular flexibility index (Phi) is 7.09. The molecule has 0 fully saturated rings. The number of hydrogen-bond donors (Lipinski definition) is 3. The first kappa shape index (κ1) is 22.9. The van der Waals surface area contributed by atoms with Crippen molar-refractivity contribution < 1.29 is 23.0 Å². The molecule has 0 aliphatic heterocycles. The number of nitrogens with one attached hydrogen (secondary N) is 2. The Hall–Kier alpha value is -2.75. The standard InChI is InChI=1S/C20H17Cl2F3N4O2/c1-11(10-30)26-19-27-16(12-4-2-5-13(8-12)31-20(23,24)25)9-17(29-19)28-18-14(21)6-3-7-15(18)22/h2-9,11,30H,10H2,1H3,(H2,26,27,28,29)/t11-/m0/s1. The van der Waals surface area contributed by atoms with Crippen LogP contribution in [-0.2, 0) is 0 Å². The molecule has 0 radical (unpaired) electrons. The molecule has 0 aliphatic carbocycles. The minimum atomic E-state index is -4.82. The summed E-state index contributed by atoms with van der Waals surface area (Å²) in [6.07, 6.45) is -4.82. The number of nitrogens with zero attached hydrogens (tertiary/aromatic N) is 2. The smallest absolute Gasteiger partial charge is 0.406 e. The molecule has 0 amide bonds. The number of benzene rings is 2. The lowest BCUT2D eigenvalue weighted by atomic mass is 10.1. The van der Waals surface area contributed by atoms with E-state index >= 15 is 0 Å². The summed E-state index contributed by atoms with van der Waals surface area (Å²) in [5.41, 5.74) is 1.07. The minimum absolute atomic E-state index is 0.145. The van der Waals surface area contributed by atoms with Gasteiger partial charge >= 0.3 is 6.36 Å². The molecule has 0 saturated carbocycles. The maximum atomic E-state index is 12.6. The Morgan fingerprint density at radius 3 is 2.39 bits per heavy atom. The van der Waals surface area contributed by atoms with Gasteiger partial charge in [0, 0.05) is 17.7 Å². The second-order valence-electron chi connectivity index (χ2n) is 6.49. The molecule has 1 aromatic heterocycles. The molecule has 1 heterocycles. The zero-order chi connectivity index (χ0) is 22.6. The first-order chi connectivity index (χ1) is 14.6. The monoisotopic (exact) mass is 472 g/mol. The second kappa shape index (κ2) is 9.59. The fourth-order valence-corrected chi connectivity index (χ4v) is 3.08. The van der Waals surface area contributed by atoms with E-state index in [1.165, 1.54) is 24.3 Å². The molecule has 0 unspecified atom stereocenters. The van der Waals surface area contributed by atoms with Crippen LogP contribution in [0.15, 0.2) is 48.5 Å². The molecule has 0 saturated heterocycles. The molecular weight excluding hydrogens is 456 g/mol. The van der Waals surface area contributed by atoms with Gasteiger partial charge in [-0.1, -0.05) is 41.4 Å². The third kappa shape index (κ3) is 6.36. The minimum Gasteiger partial charge on any atom is -0.406 e. The molecule has 3 N–H and O–H groups in total. The van der Waals surface area contributed by atoms with Crippen molar-refractivity contribution in [1.82, 2.24) is 9.97 Å². The fourth-order valence-electron chi connectivity index (χ4n) is 2.59. The molecule has 1 atom stereocenters. The fraction of sp³-hybridized carbons (Fsp3) is 0.200. The number of aliphatic hydroxyl groups excluding tert-OH is 1. The Bertz CT molecular complexity index is 1050. The summed E-state index contributed by atoms with van der Waals surface area (Å²) in [6.45, 7) is 1.54. The SMILES string of the molecule is C[C@@H](CO)Nc1nc(Nc2c(Cl)cccc2Cl)cc(-c2cccc(OC(F)(F)F)c2)n1. The normalized spacial score (nSPS) is 12.4. The van der Waals surface area contributed by atoms with Gasteiger partial charge in [-0.15, -0.1) is 13.2 Å². The largest absolute Gasteiger partial charge is 0.573 e. The number of hydrogen-bond acceptors (Lipinski definition) is 6. The van der Waals surface area contributed by atoms with E-state index in [4.69, 9.17) is 23.2 Å². The van der Waals surface area contributed by atoms with Crippen LogP contribution in [0.25, 0.3) is 11.3 Å². The molecule has 31 heavy (non-hydrogen) atoms. The number of rotatable bonds is 7. The van der Waals surface area contributed by atoms with Crippen LogP contribution in [0, 0.1) is 0 Å². The summed E-state index contributed by atoms with van der Waals surface area (Å²) in [6, 6.07) is 11.5. The van der Waals surface area contributed by atoms with E-state index in [2.05, 4.69) is 25.3 Å². The topological polar surface area (TPSA) is 79.3 Å². The highest BCUT2D eigenvalue weighted by Crippen LogP contribution is 2.34. The highest BCUT2D eigenvalue weighted by molar-refractivity contribution is 6.39. The van der Waals surface area contributed by atoms with Crippen molar-refractivity contribution in [2.45, 2.75) is 19.3 Å². The van der Waals surface area contributed by atoms with Crippen LogP contribution in [0.3, 0.4) is 0 Å². The third-order valence-electron chi connectivity index (χ3n) is 3.95. The van der Waals surface area contributed by atoms with E-state index in [0.717, 1.165) is 0 Å². The maximum Gasteiger partial charge on any atom is 0.573 e. The van der Waals surface area contributed by atoms with Crippen molar-refractivity contribution >= 4 is 40.7 Å². The van der Waals surface area contributed by atoms with Crippen molar-refractivity contribution in [3.8, 4) is 17.0 Å². The van der Waals surface area contributed by atoms with Gasteiger partial charge in [0.25, 0.3) is 0 Å². The summed E-state index contributed by atoms with van der Waals surface area (Å²) in [7, 11) is 0. The van der Waals surface area contributed by atoms with Gasteiger partial charge in [0.2, 0.25) is 5.95 Å². The average Bonchev–Trinajstić information content (AvgIpc) is 2.69. The molecule has 0 spiro atoms. The lowest BCUT2D eigenvalue weighted by Crippen LogP contribution is -2.21. The van der Waals surface area contributed by atoms with Gasteiger partial charge in [0.1, 0.15) is 11.6 Å². The molecule has 11 heteroatoms. The number of halogens is 5. The van der Waals surface area contributed by atoms with Gasteiger partial charge in [-0.05, 0) is 31.2 Å². The zero-order valence-electron chi connectivity index (χ0n) is 16.0. The van der Waals surface area contributed by atoms with Crippen LogP contribution in [0.2, 0.25) is 10.0 Å². The van der Waals surface area contributed by atoms with E-state index in [0.29, 0.717) is 27.0 Å². The Balaban J connectivity index is 2.03. The summed E-state index contributed by atoms with van der Waals surface area (Å²) >= 11 is 12.4. The predicted molar refractivity (Wildman–Crippen MR) is 114 cm³/mol. The van der Waals surface area contributed by atoms with E-state index < -0.39 is 6.36 Å². The molecule has 0 bridgehead atoms. The summed E-state index contributed by atoms with van der Waals surface area (Å²) in [5.74, 6) is 0.0483. The first-order valence-corrected chi connectivity index (χ1v) is 9.74. The lowest BCUT2D eigenvalue weighted by molar-refractivity contribution is -0.274. The van der Waals surface area contributed by atoms with Crippen molar-refractivity contribution in [3.05, 3.63) is 58.6 Å². The number of para-hydroxylation sites is 1. The van der Waals surface area contributed by atoms with Gasteiger partial charge in [0.05, 0.1) is 28.0 Å². The molecule has 3 rings (SSSR count). The van der Waals surface area contributed by atoms with Gasteiger partial charge in [0.15, 0.2) is 0 Å². The van der Waals surface area contributed by atoms with Gasteiger partial charge in [-0.3, -0.25) is 0 Å². The van der Waals surface area contributed by atoms with Crippen LogP contribution in [0.5, 0.6) is 5.75 Å². The first-order valence-electron chi connectivity index (χ1n) is 8.98. The molecule has 2 aromatic carbocycles. The number of aromatic nitrogens is 2. The Morgan fingerprint density at radius 1 is 1.06 bits per heavy atom. The van der Waals surface area contributed by atoms with Crippen LogP contribution < -0.4 is 15.4 Å². The number of anilines is 3. The van der Waals surface area contributed by atoms with Crippen molar-refractivity contribution in [2.75, 3.05) is 17.2 Å². The summed E-state index contributed by atoms with van der Waals surface area (Å²) in [4.78, 5) is 8.67. The Labute approximate surface area is 186 Å². The van der Waals surface area contributed by atoms with Crippen LogP contribution in [-0.4, -0.2) is 34.1 Å². The zero-order valence-corrected chi connectivity index (χ0v) is 17.6. The second-order valence-corrected chi connectivity index (χ2v) is 7.30. The van der Waals surface area contributed by atoms with Crippen LogP contribution >= 0.6 is 23.2 Å². The van der Waals surface area contributed by atoms with Gasteiger partial charge in [-0.2, -0.15) is 4.98 Å². The maximum absolute atomic E-state index is 12.6. The van der Waals surface area contributed by atoms with Crippen LogP contribution in [0.4, 0.5) is 30.6 Å². The Morgan fingerprint density at radius 2 is 1.74 bits per heavy atom.